The first kappa shape index (κ1) is 36.7. The smallest absolute Gasteiger partial charge is 0.326 e. The van der Waals surface area contributed by atoms with E-state index in [-0.39, 0.29) is 53.8 Å². The zero-order valence-electron chi connectivity index (χ0n) is 27.9. The number of pyridine rings is 1. The van der Waals surface area contributed by atoms with Crippen molar-refractivity contribution in [3.8, 4) is 22.8 Å². The molecular weight excluding hydrogens is 684 g/mol. The van der Waals surface area contributed by atoms with E-state index in [2.05, 4.69) is 15.0 Å². The number of hydrogen-bond acceptors (Lipinski definition) is 8. The summed E-state index contributed by atoms with van der Waals surface area (Å²) in [5, 5.41) is 2.91. The Balaban J connectivity index is 1.21. The molecule has 14 heteroatoms. The van der Waals surface area contributed by atoms with Gasteiger partial charge in [0.25, 0.3) is 5.91 Å². The number of hydrogen-bond donors (Lipinski definition) is 3. The Kier molecular flexibility index (Phi) is 11.5. The molecule has 0 bridgehead atoms. The second kappa shape index (κ2) is 16.0. The summed E-state index contributed by atoms with van der Waals surface area (Å²) in [5.74, 6) is -3.25. The van der Waals surface area contributed by atoms with Crippen LogP contribution in [0.1, 0.15) is 28.4 Å². The molecule has 4 aromatic carbocycles. The lowest BCUT2D eigenvalue weighted by molar-refractivity contribution is -0.144. The van der Waals surface area contributed by atoms with Crippen molar-refractivity contribution in [2.24, 2.45) is 0 Å². The van der Waals surface area contributed by atoms with Crippen molar-refractivity contribution in [1.29, 1.82) is 0 Å². The van der Waals surface area contributed by atoms with Gasteiger partial charge in [-0.25, -0.2) is 17.2 Å². The molecule has 266 valence electrons. The summed E-state index contributed by atoms with van der Waals surface area (Å²) in [6.45, 7) is 4.77. The third-order valence-corrected chi connectivity index (χ3v) is 9.19. The fraction of sp³-hybridized carbons (Fsp3) is 0.216. The fourth-order valence-electron chi connectivity index (χ4n) is 5.07. The van der Waals surface area contributed by atoms with Gasteiger partial charge in [-0.1, -0.05) is 23.8 Å². The molecule has 11 nitrogen and oxygen atoms in total. The third kappa shape index (κ3) is 8.96. The number of esters is 1. The maximum Gasteiger partial charge on any atom is 0.326 e. The number of ether oxygens (including phenoxy) is 3. The van der Waals surface area contributed by atoms with Gasteiger partial charge in [0, 0.05) is 23.1 Å². The number of aryl methyl sites for hydroxylation is 2. The number of carbonyl (C=O) groups excluding carboxylic acids is 2. The molecule has 0 aliphatic heterocycles. The zero-order valence-corrected chi connectivity index (χ0v) is 28.7. The van der Waals surface area contributed by atoms with Crippen molar-refractivity contribution in [3.05, 3.63) is 123 Å². The summed E-state index contributed by atoms with van der Waals surface area (Å²) in [7, 11) is -4.10. The predicted molar refractivity (Wildman–Crippen MR) is 186 cm³/mol. The highest BCUT2D eigenvalue weighted by atomic mass is 32.2. The highest BCUT2D eigenvalue weighted by Crippen LogP contribution is 2.29. The summed E-state index contributed by atoms with van der Waals surface area (Å²) in [4.78, 5) is 41.9. The largest absolute Gasteiger partial charge is 0.490 e. The zero-order chi connectivity index (χ0) is 36.7. The van der Waals surface area contributed by atoms with Gasteiger partial charge in [0.05, 0.1) is 22.7 Å². The van der Waals surface area contributed by atoms with Gasteiger partial charge in [0.2, 0.25) is 15.5 Å². The summed E-state index contributed by atoms with van der Waals surface area (Å²) in [5.41, 5.74) is 2.42. The van der Waals surface area contributed by atoms with E-state index in [1.165, 1.54) is 42.5 Å². The van der Waals surface area contributed by atoms with E-state index >= 15 is 0 Å². The number of aromatic nitrogens is 1. The van der Waals surface area contributed by atoms with E-state index < -0.39 is 45.0 Å². The lowest BCUT2D eigenvalue weighted by Crippen LogP contribution is -2.49. The van der Waals surface area contributed by atoms with E-state index in [0.717, 1.165) is 23.3 Å². The van der Waals surface area contributed by atoms with Crippen LogP contribution in [0.15, 0.2) is 94.6 Å². The Morgan fingerprint density at radius 3 is 2.22 bits per heavy atom. The van der Waals surface area contributed by atoms with E-state index in [9.17, 15) is 31.6 Å². The molecule has 1 atom stereocenters. The number of benzene rings is 4. The van der Waals surface area contributed by atoms with Crippen molar-refractivity contribution < 1.29 is 41.0 Å². The van der Waals surface area contributed by atoms with Crippen LogP contribution >= 0.6 is 0 Å². The second-order valence-corrected chi connectivity index (χ2v) is 13.2. The second-order valence-electron chi connectivity index (χ2n) is 11.5. The summed E-state index contributed by atoms with van der Waals surface area (Å²) >= 11 is 0. The van der Waals surface area contributed by atoms with E-state index in [1.54, 1.807) is 37.3 Å². The molecule has 0 spiro atoms. The fourth-order valence-corrected chi connectivity index (χ4v) is 6.26. The number of carbonyl (C=O) groups is 2. The van der Waals surface area contributed by atoms with Crippen LogP contribution < -0.4 is 24.9 Å². The van der Waals surface area contributed by atoms with Gasteiger partial charge in [-0.05, 0) is 93.1 Å². The van der Waals surface area contributed by atoms with Crippen LogP contribution in [0.3, 0.4) is 0 Å². The molecule has 1 amide bonds. The number of halogens is 2. The minimum absolute atomic E-state index is 0.00983. The first-order valence-electron chi connectivity index (χ1n) is 15.9. The summed E-state index contributed by atoms with van der Waals surface area (Å²) < 4.78 is 72.4. The predicted octanol–water partition coefficient (Wildman–Crippen LogP) is 5.19. The Labute approximate surface area is 292 Å². The standard InChI is InChI=1S/C37H35F2N3O8S/c1-4-48-37(45)32(42-51(46,47)27-13-5-22(2)6-14-27)21-40-36(44)24-8-11-26(12-9-24)49-17-18-50-35-33(25-10-16-29(38)30(39)20-25)41-31-19-23(3)7-15-28(31)34(35)43/h5-16,19-20,32,42H,4,17-18,21H2,1-3H3,(H,40,44)(H,41,43). The van der Waals surface area contributed by atoms with Crippen molar-refractivity contribution in [3.63, 3.8) is 0 Å². The van der Waals surface area contributed by atoms with Crippen molar-refractivity contribution in [2.45, 2.75) is 31.7 Å². The van der Waals surface area contributed by atoms with E-state index in [0.29, 0.717) is 16.7 Å². The van der Waals surface area contributed by atoms with Gasteiger partial charge in [-0.2, -0.15) is 4.72 Å². The molecule has 0 radical (unpaired) electrons. The van der Waals surface area contributed by atoms with Gasteiger partial charge in [0.15, 0.2) is 17.4 Å². The number of H-pyrrole nitrogens is 1. The molecule has 5 rings (SSSR count). The van der Waals surface area contributed by atoms with Gasteiger partial charge < -0.3 is 24.5 Å². The van der Waals surface area contributed by atoms with Crippen LogP contribution in [0.25, 0.3) is 22.2 Å². The first-order valence-corrected chi connectivity index (χ1v) is 17.4. The number of aromatic amines is 1. The van der Waals surface area contributed by atoms with E-state index in [4.69, 9.17) is 14.2 Å². The Hall–Kier alpha value is -5.60. The molecule has 1 heterocycles. The molecule has 0 saturated carbocycles. The molecule has 0 aliphatic carbocycles. The van der Waals surface area contributed by atoms with Crippen LogP contribution in [0.4, 0.5) is 8.78 Å². The van der Waals surface area contributed by atoms with Gasteiger partial charge >= 0.3 is 5.97 Å². The van der Waals surface area contributed by atoms with Gasteiger partial charge in [-0.15, -0.1) is 0 Å². The topological polar surface area (TPSA) is 153 Å². The highest BCUT2D eigenvalue weighted by Gasteiger charge is 2.27. The van der Waals surface area contributed by atoms with E-state index in [1.807, 2.05) is 13.8 Å². The number of rotatable bonds is 14. The average Bonchev–Trinajstić information content (AvgIpc) is 3.10. The minimum Gasteiger partial charge on any atom is -0.490 e. The van der Waals surface area contributed by atoms with Crippen LogP contribution in [0, 0.1) is 25.5 Å². The molecule has 5 aromatic rings. The van der Waals surface area contributed by atoms with Crippen molar-refractivity contribution >= 4 is 32.8 Å². The summed E-state index contributed by atoms with van der Waals surface area (Å²) in [6.07, 6.45) is 0. The minimum atomic E-state index is -4.10. The molecule has 51 heavy (non-hydrogen) atoms. The van der Waals surface area contributed by atoms with Crippen LogP contribution in [0.5, 0.6) is 11.5 Å². The molecule has 0 aliphatic rings. The molecule has 3 N–H and O–H groups in total. The molecule has 1 unspecified atom stereocenters. The Morgan fingerprint density at radius 2 is 1.53 bits per heavy atom. The van der Waals surface area contributed by atoms with Crippen LogP contribution in [0.2, 0.25) is 0 Å². The lowest BCUT2D eigenvalue weighted by Gasteiger charge is -2.18. The Morgan fingerprint density at radius 1 is 0.843 bits per heavy atom. The van der Waals surface area contributed by atoms with Gasteiger partial charge in [-0.3, -0.25) is 14.4 Å². The van der Waals surface area contributed by atoms with Crippen molar-refractivity contribution in [2.75, 3.05) is 26.4 Å². The SMILES string of the molecule is CCOC(=O)C(CNC(=O)c1ccc(OCCOc2c(-c3ccc(F)c(F)c3)[nH]c3cc(C)ccc3c2=O)cc1)NS(=O)(=O)c1ccc(C)cc1. The third-order valence-electron chi connectivity index (χ3n) is 7.70. The summed E-state index contributed by atoms with van der Waals surface area (Å²) in [6, 6.07) is 19.1. The number of fused-ring (bicyclic) bond motifs is 1. The molecular formula is C37H35F2N3O8S. The van der Waals surface area contributed by atoms with Crippen LogP contribution in [-0.4, -0.2) is 57.7 Å². The maximum absolute atomic E-state index is 14.1. The monoisotopic (exact) mass is 719 g/mol. The number of nitrogens with one attached hydrogen (secondary N) is 3. The number of sulfonamides is 1. The Bertz CT molecular complexity index is 2220. The maximum atomic E-state index is 14.1. The quantitative estimate of drug-likeness (QED) is 0.105. The first-order chi connectivity index (χ1) is 24.4. The lowest BCUT2D eigenvalue weighted by atomic mass is 10.1. The molecule has 0 saturated heterocycles. The normalized spacial score (nSPS) is 11.9. The van der Waals surface area contributed by atoms with Gasteiger partial charge in [0.1, 0.15) is 25.0 Å². The highest BCUT2D eigenvalue weighted by molar-refractivity contribution is 7.89. The van der Waals surface area contributed by atoms with Crippen molar-refractivity contribution in [1.82, 2.24) is 15.0 Å². The number of amides is 1. The van der Waals surface area contributed by atoms with Crippen LogP contribution in [-0.2, 0) is 19.6 Å². The molecule has 1 aromatic heterocycles. The molecule has 0 fully saturated rings. The average molecular weight is 720 g/mol.